The summed E-state index contributed by atoms with van der Waals surface area (Å²) in [6, 6.07) is 5.41. The predicted molar refractivity (Wildman–Crippen MR) is 81.8 cm³/mol. The van der Waals surface area contributed by atoms with Crippen molar-refractivity contribution in [3.8, 4) is 0 Å². The van der Waals surface area contributed by atoms with Gasteiger partial charge < -0.3 is 21.3 Å². The van der Waals surface area contributed by atoms with E-state index >= 15 is 0 Å². The van der Waals surface area contributed by atoms with Crippen molar-refractivity contribution in [1.82, 2.24) is 10.2 Å². The third-order valence-corrected chi connectivity index (χ3v) is 3.60. The van der Waals surface area contributed by atoms with Gasteiger partial charge in [-0.05, 0) is 31.0 Å². The zero-order chi connectivity index (χ0) is 15.9. The molecule has 120 valence electrons. The molecule has 0 bridgehead atoms. The summed E-state index contributed by atoms with van der Waals surface area (Å²) in [7, 11) is 0. The van der Waals surface area contributed by atoms with Crippen LogP contribution < -0.4 is 16.4 Å². The molecule has 1 unspecified atom stereocenters. The molecule has 0 spiro atoms. The highest BCUT2D eigenvalue weighted by molar-refractivity contribution is 5.90. The number of hydrogen-bond acceptors (Lipinski definition) is 3. The fourth-order valence-electron chi connectivity index (χ4n) is 2.48. The molecule has 7 heteroatoms. The van der Waals surface area contributed by atoms with Crippen molar-refractivity contribution in [2.24, 2.45) is 11.7 Å². The Balaban J connectivity index is 1.91. The number of piperidine rings is 1. The van der Waals surface area contributed by atoms with Crippen LogP contribution in [0.25, 0.3) is 0 Å². The van der Waals surface area contributed by atoms with E-state index < -0.39 is 5.82 Å². The summed E-state index contributed by atoms with van der Waals surface area (Å²) in [4.78, 5) is 25.7. The normalized spacial score (nSPS) is 17.9. The summed E-state index contributed by atoms with van der Waals surface area (Å²) in [5.41, 5.74) is 5.76. The number of nitrogens with one attached hydrogen (secondary N) is 2. The number of amides is 3. The lowest BCUT2D eigenvalue weighted by Gasteiger charge is -2.32. The number of anilines is 1. The molecule has 1 atom stereocenters. The number of rotatable bonds is 4. The molecule has 3 amide bonds. The number of benzene rings is 1. The monoisotopic (exact) mass is 308 g/mol. The number of nitrogens with two attached hydrogens (primary N) is 1. The van der Waals surface area contributed by atoms with E-state index in [9.17, 15) is 14.0 Å². The first kappa shape index (κ1) is 16.2. The van der Waals surface area contributed by atoms with Gasteiger partial charge in [-0.25, -0.2) is 9.18 Å². The van der Waals surface area contributed by atoms with Crippen molar-refractivity contribution in [2.75, 3.05) is 31.5 Å². The molecule has 0 radical (unpaired) electrons. The van der Waals surface area contributed by atoms with Crippen LogP contribution in [0.3, 0.4) is 0 Å². The summed E-state index contributed by atoms with van der Waals surface area (Å²) in [6.07, 6.45) is 1.51. The molecule has 22 heavy (non-hydrogen) atoms. The van der Waals surface area contributed by atoms with Gasteiger partial charge in [0.25, 0.3) is 0 Å². The smallest absolute Gasteiger partial charge is 0.321 e. The Morgan fingerprint density at radius 2 is 2.23 bits per heavy atom. The van der Waals surface area contributed by atoms with Crippen molar-refractivity contribution in [2.45, 2.75) is 12.8 Å². The Kier molecular flexibility index (Phi) is 5.71. The van der Waals surface area contributed by atoms with E-state index in [1.807, 2.05) is 0 Å². The van der Waals surface area contributed by atoms with Gasteiger partial charge in [0, 0.05) is 31.9 Å². The fraction of sp³-hybridized carbons (Fsp3) is 0.467. The maximum Gasteiger partial charge on any atom is 0.321 e. The summed E-state index contributed by atoms with van der Waals surface area (Å²) < 4.78 is 13.1. The molecule has 1 aliphatic heterocycles. The van der Waals surface area contributed by atoms with E-state index in [1.54, 1.807) is 11.0 Å². The first-order valence-electron chi connectivity index (χ1n) is 7.39. The largest absolute Gasteiger partial charge is 0.355 e. The van der Waals surface area contributed by atoms with Crippen LogP contribution in [0.15, 0.2) is 24.3 Å². The number of carbonyl (C=O) groups excluding carboxylic acids is 2. The van der Waals surface area contributed by atoms with Gasteiger partial charge >= 0.3 is 6.03 Å². The van der Waals surface area contributed by atoms with Crippen LogP contribution in [-0.4, -0.2) is 43.0 Å². The minimum absolute atomic E-state index is 0.0753. The van der Waals surface area contributed by atoms with E-state index in [0.29, 0.717) is 31.9 Å². The number of urea groups is 1. The van der Waals surface area contributed by atoms with Gasteiger partial charge in [0.1, 0.15) is 5.82 Å². The zero-order valence-corrected chi connectivity index (χ0v) is 12.3. The van der Waals surface area contributed by atoms with Crippen LogP contribution in [0.4, 0.5) is 14.9 Å². The van der Waals surface area contributed by atoms with Crippen LogP contribution in [0.1, 0.15) is 12.8 Å². The minimum Gasteiger partial charge on any atom is -0.355 e. The second-order valence-corrected chi connectivity index (χ2v) is 5.31. The first-order valence-corrected chi connectivity index (χ1v) is 7.39. The van der Waals surface area contributed by atoms with E-state index in [2.05, 4.69) is 10.6 Å². The first-order chi connectivity index (χ1) is 10.6. The standard InChI is InChI=1S/C15H21FN4O2/c16-12-4-1-5-13(9-12)19-15(22)20-8-2-3-11(10-20)14(21)18-7-6-17/h1,4-5,9,11H,2-3,6-8,10,17H2,(H,18,21)(H,19,22). The lowest BCUT2D eigenvalue weighted by Crippen LogP contribution is -2.47. The Hall–Kier alpha value is -2.15. The molecule has 0 aliphatic carbocycles. The highest BCUT2D eigenvalue weighted by Gasteiger charge is 2.28. The summed E-state index contributed by atoms with van der Waals surface area (Å²) in [5.74, 6) is -0.706. The predicted octanol–water partition coefficient (Wildman–Crippen LogP) is 1.14. The summed E-state index contributed by atoms with van der Waals surface area (Å²) in [6.45, 7) is 1.77. The molecule has 0 aromatic heterocycles. The molecule has 2 rings (SSSR count). The molecule has 1 fully saturated rings. The molecule has 1 saturated heterocycles. The van der Waals surface area contributed by atoms with Gasteiger partial charge in [-0.2, -0.15) is 0 Å². The average molecular weight is 308 g/mol. The second kappa shape index (κ2) is 7.74. The van der Waals surface area contributed by atoms with Gasteiger partial charge in [0.05, 0.1) is 5.92 Å². The van der Waals surface area contributed by atoms with Gasteiger partial charge in [-0.3, -0.25) is 4.79 Å². The third kappa shape index (κ3) is 4.42. The van der Waals surface area contributed by atoms with E-state index in [4.69, 9.17) is 5.73 Å². The molecule has 1 aliphatic rings. The Morgan fingerprint density at radius 1 is 1.41 bits per heavy atom. The van der Waals surface area contributed by atoms with Crippen molar-refractivity contribution in [3.05, 3.63) is 30.1 Å². The Morgan fingerprint density at radius 3 is 2.95 bits per heavy atom. The van der Waals surface area contributed by atoms with Crippen molar-refractivity contribution in [3.63, 3.8) is 0 Å². The molecular weight excluding hydrogens is 287 g/mol. The third-order valence-electron chi connectivity index (χ3n) is 3.60. The van der Waals surface area contributed by atoms with Gasteiger partial charge in [0.2, 0.25) is 5.91 Å². The maximum atomic E-state index is 13.1. The minimum atomic E-state index is -0.407. The van der Waals surface area contributed by atoms with Crippen LogP contribution >= 0.6 is 0 Å². The maximum absolute atomic E-state index is 13.1. The van der Waals surface area contributed by atoms with Gasteiger partial charge in [-0.1, -0.05) is 6.07 Å². The van der Waals surface area contributed by atoms with Crippen molar-refractivity contribution >= 4 is 17.6 Å². The van der Waals surface area contributed by atoms with Crippen LogP contribution in [0.2, 0.25) is 0 Å². The molecule has 0 saturated carbocycles. The number of halogens is 1. The average Bonchev–Trinajstić information content (AvgIpc) is 2.52. The number of nitrogens with zero attached hydrogens (tertiary/aromatic N) is 1. The second-order valence-electron chi connectivity index (χ2n) is 5.31. The topological polar surface area (TPSA) is 87.5 Å². The molecule has 1 aromatic rings. The molecule has 6 nitrogen and oxygen atoms in total. The Bertz CT molecular complexity index is 538. The van der Waals surface area contributed by atoms with Gasteiger partial charge in [0.15, 0.2) is 0 Å². The molecular formula is C15H21FN4O2. The lowest BCUT2D eigenvalue weighted by molar-refractivity contribution is -0.126. The van der Waals surface area contributed by atoms with E-state index in [1.165, 1.54) is 18.2 Å². The van der Waals surface area contributed by atoms with Crippen LogP contribution in [-0.2, 0) is 4.79 Å². The van der Waals surface area contributed by atoms with Crippen molar-refractivity contribution in [1.29, 1.82) is 0 Å². The molecule has 1 aromatic carbocycles. The number of hydrogen-bond donors (Lipinski definition) is 3. The van der Waals surface area contributed by atoms with E-state index in [0.717, 1.165) is 12.8 Å². The fourth-order valence-corrected chi connectivity index (χ4v) is 2.48. The van der Waals surface area contributed by atoms with E-state index in [-0.39, 0.29) is 17.9 Å². The highest BCUT2D eigenvalue weighted by Crippen LogP contribution is 2.18. The summed E-state index contributed by atoms with van der Waals surface area (Å²) >= 11 is 0. The van der Waals surface area contributed by atoms with Gasteiger partial charge in [-0.15, -0.1) is 0 Å². The van der Waals surface area contributed by atoms with Crippen LogP contribution in [0.5, 0.6) is 0 Å². The molecule has 4 N–H and O–H groups in total. The lowest BCUT2D eigenvalue weighted by atomic mass is 9.97. The SMILES string of the molecule is NCCNC(=O)C1CCCN(C(=O)Nc2cccc(F)c2)C1. The summed E-state index contributed by atoms with van der Waals surface area (Å²) in [5, 5.41) is 5.40. The van der Waals surface area contributed by atoms with Crippen LogP contribution in [0, 0.1) is 11.7 Å². The number of likely N-dealkylation sites (tertiary alicyclic amines) is 1. The highest BCUT2D eigenvalue weighted by atomic mass is 19.1. The zero-order valence-electron chi connectivity index (χ0n) is 12.3. The number of carbonyl (C=O) groups is 2. The quantitative estimate of drug-likeness (QED) is 0.779. The Labute approximate surface area is 128 Å². The van der Waals surface area contributed by atoms with Crippen molar-refractivity contribution < 1.29 is 14.0 Å². The molecule has 1 heterocycles.